The van der Waals surface area contributed by atoms with Crippen LogP contribution in [-0.4, -0.2) is 22.2 Å². The summed E-state index contributed by atoms with van der Waals surface area (Å²) in [7, 11) is 0. The van der Waals surface area contributed by atoms with Crippen molar-refractivity contribution >= 4 is 15.0 Å². The molecule has 0 radical (unpaired) electrons. The molecular formula is C22H32HgO4. The van der Waals surface area contributed by atoms with Crippen molar-refractivity contribution in [3.63, 3.8) is 0 Å². The van der Waals surface area contributed by atoms with Crippen molar-refractivity contribution < 1.29 is 44.4 Å². The van der Waals surface area contributed by atoms with E-state index in [-0.39, 0.29) is 0 Å². The van der Waals surface area contributed by atoms with Crippen LogP contribution in [-0.2, 0) is 34.2 Å². The van der Waals surface area contributed by atoms with Gasteiger partial charge in [0.15, 0.2) is 0 Å². The van der Waals surface area contributed by atoms with Crippen LogP contribution in [0.1, 0.15) is 64.7 Å². The van der Waals surface area contributed by atoms with Crippen molar-refractivity contribution in [2.75, 3.05) is 0 Å². The molecule has 0 bridgehead atoms. The third-order valence-corrected chi connectivity index (χ3v) is 13.6. The van der Waals surface area contributed by atoms with E-state index in [1.54, 1.807) is 6.08 Å². The van der Waals surface area contributed by atoms with Crippen LogP contribution in [0.15, 0.2) is 42.5 Å². The third kappa shape index (κ3) is 10.7. The standard InChI is InChI=1S/C16H27O4.C6H5.Hg/c1-2-3-4-5-6-7-8-9-10-11-12-14(16(19)20)13-15(17)18;1-2-4-6-5-3-1;/h11-14H,2-10H2,1H3,(H,17,18)(H,19,20);1-5H;. The summed E-state index contributed by atoms with van der Waals surface area (Å²) in [5.74, 6) is -2.89. The van der Waals surface area contributed by atoms with Crippen LogP contribution in [0.5, 0.6) is 0 Å². The van der Waals surface area contributed by atoms with Gasteiger partial charge in [-0.3, -0.25) is 0 Å². The molecule has 0 amide bonds. The van der Waals surface area contributed by atoms with Crippen molar-refractivity contribution in [3.05, 3.63) is 42.5 Å². The number of carboxylic acid groups (broad SMARTS) is 2. The Balaban J connectivity index is 2.45. The van der Waals surface area contributed by atoms with Crippen molar-refractivity contribution in [2.24, 2.45) is 5.92 Å². The molecule has 1 aromatic rings. The second-order valence-corrected chi connectivity index (χ2v) is 15.4. The van der Waals surface area contributed by atoms with Crippen LogP contribution in [0.25, 0.3) is 0 Å². The molecule has 146 valence electrons. The normalized spacial score (nSPS) is 13.2. The Labute approximate surface area is 175 Å². The van der Waals surface area contributed by atoms with Gasteiger partial charge in [-0.2, -0.15) is 0 Å². The van der Waals surface area contributed by atoms with E-state index in [1.807, 2.05) is 36.4 Å². The van der Waals surface area contributed by atoms with Crippen LogP contribution in [0.4, 0.5) is 0 Å². The van der Waals surface area contributed by atoms with Gasteiger partial charge in [0.1, 0.15) is 0 Å². The van der Waals surface area contributed by atoms with Gasteiger partial charge < -0.3 is 0 Å². The zero-order valence-electron chi connectivity index (χ0n) is 16.5. The molecule has 0 aliphatic carbocycles. The Morgan fingerprint density at radius 3 is 2.07 bits per heavy atom. The quantitative estimate of drug-likeness (QED) is 0.179. The van der Waals surface area contributed by atoms with Gasteiger partial charge in [0, 0.05) is 0 Å². The SMILES string of the molecule is CCCCCCCCCCC=CC(C(=O)O)[CH]([Hg][c]1ccccc1)C(=O)O. The topological polar surface area (TPSA) is 74.6 Å². The van der Waals surface area contributed by atoms with Gasteiger partial charge >= 0.3 is 163 Å². The summed E-state index contributed by atoms with van der Waals surface area (Å²) in [5.41, 5.74) is 0. The first-order chi connectivity index (χ1) is 13.1. The van der Waals surface area contributed by atoms with E-state index in [2.05, 4.69) is 6.92 Å². The molecule has 2 N–H and O–H groups in total. The number of allylic oxidation sites excluding steroid dienone is 1. The van der Waals surface area contributed by atoms with Crippen molar-refractivity contribution in [3.8, 4) is 0 Å². The Morgan fingerprint density at radius 1 is 0.926 bits per heavy atom. The van der Waals surface area contributed by atoms with Crippen LogP contribution in [0.2, 0.25) is 3.43 Å². The summed E-state index contributed by atoms with van der Waals surface area (Å²) in [5, 5.41) is 19.1. The van der Waals surface area contributed by atoms with E-state index in [9.17, 15) is 19.8 Å². The number of aliphatic carboxylic acids is 2. The molecule has 0 aromatic heterocycles. The molecule has 1 aromatic carbocycles. The van der Waals surface area contributed by atoms with Gasteiger partial charge in [-0.05, 0) is 0 Å². The maximum absolute atomic E-state index is 11.7. The summed E-state index contributed by atoms with van der Waals surface area (Å²) >= 11 is -2.09. The van der Waals surface area contributed by atoms with Crippen LogP contribution in [0, 0.1) is 5.92 Å². The molecule has 0 fully saturated rings. The molecule has 0 spiro atoms. The van der Waals surface area contributed by atoms with Gasteiger partial charge in [-0.1, -0.05) is 13.3 Å². The molecule has 0 saturated carbocycles. The van der Waals surface area contributed by atoms with Gasteiger partial charge in [-0.15, -0.1) is 0 Å². The predicted molar refractivity (Wildman–Crippen MR) is 105 cm³/mol. The van der Waals surface area contributed by atoms with E-state index in [4.69, 9.17) is 0 Å². The fourth-order valence-corrected chi connectivity index (χ4v) is 10.4. The summed E-state index contributed by atoms with van der Waals surface area (Å²) in [6.07, 6.45) is 14.2. The Hall–Kier alpha value is -1.16. The minimum absolute atomic E-state index is 0.736. The molecule has 4 nitrogen and oxygen atoms in total. The number of carbonyl (C=O) groups is 2. The molecule has 0 saturated heterocycles. The van der Waals surface area contributed by atoms with Crippen molar-refractivity contribution in [1.29, 1.82) is 0 Å². The Morgan fingerprint density at radius 2 is 1.52 bits per heavy atom. The fraction of sp³-hybridized carbons (Fsp3) is 0.545. The number of rotatable bonds is 15. The second kappa shape index (κ2) is 14.8. The number of carboxylic acids is 2. The van der Waals surface area contributed by atoms with E-state index in [0.717, 1.165) is 22.3 Å². The second-order valence-electron chi connectivity index (χ2n) is 7.19. The Bertz CT molecular complexity index is 571. The molecule has 27 heavy (non-hydrogen) atoms. The van der Waals surface area contributed by atoms with Crippen LogP contribution < -0.4 is 3.07 Å². The summed E-state index contributed by atoms with van der Waals surface area (Å²) < 4.78 is 0.326. The molecule has 0 heterocycles. The minimum atomic E-state index is -2.09. The number of benzene rings is 1. The fourth-order valence-electron chi connectivity index (χ4n) is 3.26. The molecule has 0 aliphatic heterocycles. The van der Waals surface area contributed by atoms with E-state index in [1.165, 1.54) is 38.5 Å². The van der Waals surface area contributed by atoms with Gasteiger partial charge in [0.05, 0.1) is 0 Å². The number of hydrogen-bond acceptors (Lipinski definition) is 2. The third-order valence-electron chi connectivity index (χ3n) is 4.90. The summed E-state index contributed by atoms with van der Waals surface area (Å²) in [6.45, 7) is 2.22. The maximum atomic E-state index is 11.7. The first-order valence-electron chi connectivity index (χ1n) is 10.2. The molecule has 1 rings (SSSR count). The first-order valence-corrected chi connectivity index (χ1v) is 16.1. The van der Waals surface area contributed by atoms with Crippen LogP contribution in [0.3, 0.4) is 0 Å². The zero-order chi connectivity index (χ0) is 19.9. The van der Waals surface area contributed by atoms with Crippen molar-refractivity contribution in [2.45, 2.75) is 68.1 Å². The van der Waals surface area contributed by atoms with Gasteiger partial charge in [-0.25, -0.2) is 0 Å². The summed E-state index contributed by atoms with van der Waals surface area (Å²) in [4.78, 5) is 23.3. The number of hydrogen-bond donors (Lipinski definition) is 2. The molecule has 2 unspecified atom stereocenters. The van der Waals surface area contributed by atoms with E-state index < -0.39 is 45.9 Å². The first kappa shape index (κ1) is 23.9. The molecular weight excluding hydrogens is 529 g/mol. The molecule has 0 aliphatic rings. The monoisotopic (exact) mass is 562 g/mol. The van der Waals surface area contributed by atoms with Crippen molar-refractivity contribution in [1.82, 2.24) is 0 Å². The molecule has 5 heteroatoms. The van der Waals surface area contributed by atoms with E-state index in [0.29, 0.717) is 0 Å². The summed E-state index contributed by atoms with van der Waals surface area (Å²) in [6, 6.07) is 9.54. The average Bonchev–Trinajstić information content (AvgIpc) is 2.65. The Kier molecular flexibility index (Phi) is 13.1. The average molecular weight is 561 g/mol. The number of unbranched alkanes of at least 4 members (excludes halogenated alkanes) is 8. The van der Waals surface area contributed by atoms with Gasteiger partial charge in [0.2, 0.25) is 0 Å². The van der Waals surface area contributed by atoms with Crippen LogP contribution >= 0.6 is 0 Å². The zero-order valence-corrected chi connectivity index (χ0v) is 22.0. The molecule has 2 atom stereocenters. The van der Waals surface area contributed by atoms with E-state index >= 15 is 0 Å². The van der Waals surface area contributed by atoms with Gasteiger partial charge in [0.25, 0.3) is 0 Å². The predicted octanol–water partition coefficient (Wildman–Crippen LogP) is 5.06.